The zero-order valence-electron chi connectivity index (χ0n) is 13.7. The van der Waals surface area contributed by atoms with Crippen LogP contribution in [0.5, 0.6) is 0 Å². The lowest BCUT2D eigenvalue weighted by atomic mass is 9.86. The molecule has 3 rings (SSSR count). The molecule has 2 aromatic rings. The first kappa shape index (κ1) is 16.5. The van der Waals surface area contributed by atoms with E-state index in [1.807, 2.05) is 56.3 Å². The quantitative estimate of drug-likeness (QED) is 0.927. The lowest BCUT2D eigenvalue weighted by Crippen LogP contribution is -2.42. The number of halogens is 1. The van der Waals surface area contributed by atoms with Crippen LogP contribution >= 0.6 is 11.6 Å². The van der Waals surface area contributed by atoms with Gasteiger partial charge in [0.2, 0.25) is 11.8 Å². The van der Waals surface area contributed by atoms with Crippen molar-refractivity contribution in [2.24, 2.45) is 0 Å². The van der Waals surface area contributed by atoms with Crippen LogP contribution in [0.25, 0.3) is 0 Å². The minimum absolute atomic E-state index is 0.00370. The maximum absolute atomic E-state index is 12.7. The number of hydrogen-bond acceptors (Lipinski definition) is 2. The highest BCUT2D eigenvalue weighted by molar-refractivity contribution is 6.31. The number of rotatable bonds is 4. The van der Waals surface area contributed by atoms with Gasteiger partial charge in [0.05, 0.1) is 5.41 Å². The summed E-state index contributed by atoms with van der Waals surface area (Å²) in [5, 5.41) is 3.44. The molecule has 0 aliphatic carbocycles. The number of nitrogens with one attached hydrogen (secondary N) is 1. The fourth-order valence-corrected chi connectivity index (χ4v) is 3.19. The molecule has 4 nitrogen and oxygen atoms in total. The van der Waals surface area contributed by atoms with E-state index >= 15 is 0 Å². The van der Waals surface area contributed by atoms with Crippen molar-refractivity contribution in [1.82, 2.24) is 5.32 Å². The number of fused-ring (bicyclic) bond motifs is 1. The fourth-order valence-electron chi connectivity index (χ4n) is 2.99. The van der Waals surface area contributed by atoms with E-state index < -0.39 is 5.41 Å². The molecule has 0 spiro atoms. The molecule has 1 aliphatic heterocycles. The molecular formula is C19H19ClN2O2. The van der Waals surface area contributed by atoms with Gasteiger partial charge in [0.1, 0.15) is 6.54 Å². The van der Waals surface area contributed by atoms with Crippen molar-refractivity contribution in [3.8, 4) is 0 Å². The summed E-state index contributed by atoms with van der Waals surface area (Å²) in [7, 11) is 0. The molecule has 24 heavy (non-hydrogen) atoms. The molecule has 5 heteroatoms. The molecule has 0 fully saturated rings. The summed E-state index contributed by atoms with van der Waals surface area (Å²) in [5.74, 6) is -0.271. The molecule has 0 radical (unpaired) electrons. The molecule has 0 bridgehead atoms. The molecular weight excluding hydrogens is 324 g/mol. The van der Waals surface area contributed by atoms with Crippen LogP contribution in [-0.2, 0) is 21.5 Å². The van der Waals surface area contributed by atoms with Gasteiger partial charge in [-0.25, -0.2) is 0 Å². The predicted octanol–water partition coefficient (Wildman–Crippen LogP) is 3.28. The van der Waals surface area contributed by atoms with E-state index in [-0.39, 0.29) is 18.4 Å². The van der Waals surface area contributed by atoms with Gasteiger partial charge in [-0.2, -0.15) is 0 Å². The van der Waals surface area contributed by atoms with Gasteiger partial charge in [-0.1, -0.05) is 48.0 Å². The Hall–Kier alpha value is -2.33. The number of para-hydroxylation sites is 1. The molecule has 0 saturated carbocycles. The first-order valence-corrected chi connectivity index (χ1v) is 8.20. The van der Waals surface area contributed by atoms with Crippen LogP contribution in [0.1, 0.15) is 25.0 Å². The van der Waals surface area contributed by atoms with E-state index in [1.165, 1.54) is 0 Å². The van der Waals surface area contributed by atoms with Crippen LogP contribution in [0, 0.1) is 0 Å². The minimum atomic E-state index is -0.611. The van der Waals surface area contributed by atoms with Crippen LogP contribution < -0.4 is 10.2 Å². The number of anilines is 1. The van der Waals surface area contributed by atoms with Crippen LogP contribution in [0.15, 0.2) is 48.5 Å². The highest BCUT2D eigenvalue weighted by atomic mass is 35.5. The van der Waals surface area contributed by atoms with Crippen molar-refractivity contribution in [2.45, 2.75) is 25.8 Å². The van der Waals surface area contributed by atoms with Crippen molar-refractivity contribution in [2.75, 3.05) is 11.4 Å². The highest BCUT2D eigenvalue weighted by Gasteiger charge is 2.44. The van der Waals surface area contributed by atoms with Gasteiger partial charge in [-0.15, -0.1) is 0 Å². The summed E-state index contributed by atoms with van der Waals surface area (Å²) < 4.78 is 0. The van der Waals surface area contributed by atoms with Crippen molar-refractivity contribution >= 4 is 29.1 Å². The van der Waals surface area contributed by atoms with Gasteiger partial charge in [0.15, 0.2) is 0 Å². The molecule has 0 unspecified atom stereocenters. The second-order valence-electron chi connectivity index (χ2n) is 6.40. The summed E-state index contributed by atoms with van der Waals surface area (Å²) in [6, 6.07) is 15.0. The predicted molar refractivity (Wildman–Crippen MR) is 95.1 cm³/mol. The topological polar surface area (TPSA) is 49.4 Å². The Bertz CT molecular complexity index is 801. The second-order valence-corrected chi connectivity index (χ2v) is 6.81. The van der Waals surface area contributed by atoms with E-state index in [0.717, 1.165) is 16.8 Å². The summed E-state index contributed by atoms with van der Waals surface area (Å²) in [6.45, 7) is 4.11. The molecule has 2 aromatic carbocycles. The van der Waals surface area contributed by atoms with Crippen LogP contribution in [0.3, 0.4) is 0 Å². The molecule has 124 valence electrons. The van der Waals surface area contributed by atoms with Gasteiger partial charge in [-0.05, 0) is 37.1 Å². The smallest absolute Gasteiger partial charge is 0.240 e. The first-order chi connectivity index (χ1) is 11.4. The monoisotopic (exact) mass is 342 g/mol. The maximum atomic E-state index is 12.7. The Morgan fingerprint density at radius 2 is 1.79 bits per heavy atom. The first-order valence-electron chi connectivity index (χ1n) is 7.83. The van der Waals surface area contributed by atoms with E-state index in [1.54, 1.807) is 11.0 Å². The highest BCUT2D eigenvalue weighted by Crippen LogP contribution is 2.40. The Labute approximate surface area is 146 Å². The van der Waals surface area contributed by atoms with Gasteiger partial charge in [-0.3, -0.25) is 9.59 Å². The average molecular weight is 343 g/mol. The van der Waals surface area contributed by atoms with Crippen LogP contribution in [-0.4, -0.2) is 18.4 Å². The Morgan fingerprint density at radius 1 is 1.12 bits per heavy atom. The molecule has 2 amide bonds. The van der Waals surface area contributed by atoms with Crippen LogP contribution in [0.2, 0.25) is 5.02 Å². The zero-order valence-corrected chi connectivity index (χ0v) is 14.4. The lowest BCUT2D eigenvalue weighted by Gasteiger charge is -2.20. The number of benzene rings is 2. The number of hydrogen-bond donors (Lipinski definition) is 1. The third-order valence-electron chi connectivity index (χ3n) is 4.38. The largest absolute Gasteiger partial charge is 0.350 e. The summed E-state index contributed by atoms with van der Waals surface area (Å²) in [6.07, 6.45) is 0. The number of carbonyl (C=O) groups excluding carboxylic acids is 2. The molecule has 1 heterocycles. The fraction of sp³-hybridized carbons (Fsp3) is 0.263. The second kappa shape index (κ2) is 6.29. The van der Waals surface area contributed by atoms with Gasteiger partial charge in [0, 0.05) is 17.3 Å². The third-order valence-corrected chi connectivity index (χ3v) is 4.75. The number of amides is 2. The molecule has 0 atom stereocenters. The van der Waals surface area contributed by atoms with Crippen molar-refractivity contribution in [1.29, 1.82) is 0 Å². The number of carbonyl (C=O) groups is 2. The SMILES string of the molecule is CC1(C)C(=O)N(CC(=O)NCc2ccccc2Cl)c2ccccc21. The van der Waals surface area contributed by atoms with Crippen molar-refractivity contribution in [3.05, 3.63) is 64.7 Å². The van der Waals surface area contributed by atoms with Crippen LogP contribution in [0.4, 0.5) is 5.69 Å². The van der Waals surface area contributed by atoms with Gasteiger partial charge >= 0.3 is 0 Å². The van der Waals surface area contributed by atoms with E-state index in [2.05, 4.69) is 5.32 Å². The normalized spacial score (nSPS) is 15.3. The van der Waals surface area contributed by atoms with Crippen molar-refractivity contribution < 1.29 is 9.59 Å². The standard InChI is InChI=1S/C19H19ClN2O2/c1-19(2)14-8-4-6-10-16(14)22(18(19)24)12-17(23)21-11-13-7-3-5-9-15(13)20/h3-10H,11-12H2,1-2H3,(H,21,23). The Kier molecular flexibility index (Phi) is 4.33. The van der Waals surface area contributed by atoms with Crippen molar-refractivity contribution in [3.63, 3.8) is 0 Å². The van der Waals surface area contributed by atoms with E-state index in [9.17, 15) is 9.59 Å². The van der Waals surface area contributed by atoms with Gasteiger partial charge in [0.25, 0.3) is 0 Å². The zero-order chi connectivity index (χ0) is 17.3. The molecule has 1 N–H and O–H groups in total. The summed E-state index contributed by atoms with van der Waals surface area (Å²) in [4.78, 5) is 26.5. The maximum Gasteiger partial charge on any atom is 0.240 e. The Morgan fingerprint density at radius 3 is 2.54 bits per heavy atom. The molecule has 0 aromatic heterocycles. The van der Waals surface area contributed by atoms with Gasteiger partial charge < -0.3 is 10.2 Å². The summed E-state index contributed by atoms with van der Waals surface area (Å²) in [5.41, 5.74) is 2.00. The third kappa shape index (κ3) is 2.89. The molecule has 1 aliphatic rings. The number of nitrogens with zero attached hydrogens (tertiary/aromatic N) is 1. The molecule has 0 saturated heterocycles. The van der Waals surface area contributed by atoms with E-state index in [4.69, 9.17) is 11.6 Å². The Balaban J connectivity index is 1.71. The summed E-state index contributed by atoms with van der Waals surface area (Å²) >= 11 is 6.09. The lowest BCUT2D eigenvalue weighted by molar-refractivity contribution is -0.125. The average Bonchev–Trinajstić information content (AvgIpc) is 2.76. The minimum Gasteiger partial charge on any atom is -0.350 e. The van der Waals surface area contributed by atoms with E-state index in [0.29, 0.717) is 11.6 Å².